The van der Waals surface area contributed by atoms with Crippen LogP contribution in [0.3, 0.4) is 0 Å². The van der Waals surface area contributed by atoms with Crippen LogP contribution in [0.2, 0.25) is 0 Å². The van der Waals surface area contributed by atoms with Gasteiger partial charge in [0, 0.05) is 24.0 Å². The molecular weight excluding hydrogens is 372 g/mol. The zero-order valence-electron chi connectivity index (χ0n) is 16.0. The van der Waals surface area contributed by atoms with Crippen molar-refractivity contribution in [3.05, 3.63) is 71.8 Å². The third-order valence-corrected chi connectivity index (χ3v) is 4.23. The molecule has 0 bridgehead atoms. The summed E-state index contributed by atoms with van der Waals surface area (Å²) in [6.07, 6.45) is 2.74. The van der Waals surface area contributed by atoms with Crippen molar-refractivity contribution in [1.29, 1.82) is 0 Å². The van der Waals surface area contributed by atoms with E-state index < -0.39 is 23.7 Å². The highest BCUT2D eigenvalue weighted by Gasteiger charge is 2.25. The number of benzene rings is 2. The summed E-state index contributed by atoms with van der Waals surface area (Å²) in [7, 11) is 0. The van der Waals surface area contributed by atoms with Gasteiger partial charge in [0.25, 0.3) is 11.8 Å². The summed E-state index contributed by atoms with van der Waals surface area (Å²) in [5.74, 6) is -2.52. The summed E-state index contributed by atoms with van der Waals surface area (Å²) in [5.41, 5.74) is 2.99. The Morgan fingerprint density at radius 3 is 1.59 bits per heavy atom. The third kappa shape index (κ3) is 7.21. The largest absolute Gasteiger partial charge is 0.481 e. The van der Waals surface area contributed by atoms with E-state index in [1.54, 1.807) is 60.7 Å². The zero-order chi connectivity index (χ0) is 21.1. The lowest BCUT2D eigenvalue weighted by atomic mass is 10.1. The van der Waals surface area contributed by atoms with Gasteiger partial charge >= 0.3 is 5.97 Å². The lowest BCUT2D eigenvalue weighted by molar-refractivity contribution is -0.137. The summed E-state index contributed by atoms with van der Waals surface area (Å²) in [6, 6.07) is 16.5. The SMILES string of the molecule is O=C(O)CCCCCCC(=O)NN(C(=O)c1ccccc1)C(=O)c1ccccc1. The molecule has 3 amide bonds. The number of imide groups is 1. The van der Waals surface area contributed by atoms with Crippen LogP contribution in [0.15, 0.2) is 60.7 Å². The maximum absolute atomic E-state index is 12.8. The summed E-state index contributed by atoms with van der Waals surface area (Å²) < 4.78 is 0. The van der Waals surface area contributed by atoms with E-state index in [4.69, 9.17) is 5.11 Å². The molecule has 0 aliphatic heterocycles. The van der Waals surface area contributed by atoms with Crippen molar-refractivity contribution in [2.45, 2.75) is 38.5 Å². The standard InChI is InChI=1S/C22H24N2O5/c25-19(15-9-1-2-10-16-20(26)27)23-24(21(28)17-11-5-3-6-12-17)22(29)18-13-7-4-8-14-18/h3-8,11-14H,1-2,9-10,15-16H2,(H,23,25)(H,26,27). The second kappa shape index (κ2) is 11.4. The van der Waals surface area contributed by atoms with Crippen LogP contribution in [0, 0.1) is 0 Å². The second-order valence-corrected chi connectivity index (χ2v) is 6.52. The maximum atomic E-state index is 12.8. The molecule has 7 nitrogen and oxygen atoms in total. The predicted octanol–water partition coefficient (Wildman–Crippen LogP) is 3.43. The molecule has 0 saturated carbocycles. The van der Waals surface area contributed by atoms with Crippen molar-refractivity contribution in [2.75, 3.05) is 0 Å². The fraction of sp³-hybridized carbons (Fsp3) is 0.273. The van der Waals surface area contributed by atoms with Crippen molar-refractivity contribution < 1.29 is 24.3 Å². The highest BCUT2D eigenvalue weighted by molar-refractivity contribution is 6.11. The number of carboxylic acids is 1. The van der Waals surface area contributed by atoms with Crippen LogP contribution in [0.4, 0.5) is 0 Å². The number of amides is 3. The quantitative estimate of drug-likeness (QED) is 0.384. The Labute approximate surface area is 169 Å². The van der Waals surface area contributed by atoms with E-state index in [1.807, 2.05) is 0 Å². The molecule has 0 aliphatic rings. The van der Waals surface area contributed by atoms with Crippen LogP contribution in [0.25, 0.3) is 0 Å². The van der Waals surface area contributed by atoms with E-state index in [0.717, 1.165) is 5.01 Å². The summed E-state index contributed by atoms with van der Waals surface area (Å²) in [5, 5.41) is 9.36. The van der Waals surface area contributed by atoms with Gasteiger partial charge in [0.05, 0.1) is 0 Å². The van der Waals surface area contributed by atoms with E-state index in [-0.39, 0.29) is 24.0 Å². The molecule has 0 radical (unpaired) electrons. The number of nitrogens with zero attached hydrogens (tertiary/aromatic N) is 1. The number of hydrogen-bond acceptors (Lipinski definition) is 4. The molecule has 7 heteroatoms. The van der Waals surface area contributed by atoms with E-state index in [9.17, 15) is 19.2 Å². The highest BCUT2D eigenvalue weighted by atomic mass is 16.4. The maximum Gasteiger partial charge on any atom is 0.303 e. The van der Waals surface area contributed by atoms with Gasteiger partial charge in [-0.1, -0.05) is 49.2 Å². The van der Waals surface area contributed by atoms with Crippen molar-refractivity contribution in [3.63, 3.8) is 0 Å². The van der Waals surface area contributed by atoms with Gasteiger partial charge in [-0.3, -0.25) is 24.6 Å². The van der Waals surface area contributed by atoms with Gasteiger partial charge in [0.15, 0.2) is 0 Å². The number of carbonyl (C=O) groups is 4. The zero-order valence-corrected chi connectivity index (χ0v) is 16.0. The van der Waals surface area contributed by atoms with Crippen LogP contribution < -0.4 is 5.43 Å². The highest BCUT2D eigenvalue weighted by Crippen LogP contribution is 2.10. The van der Waals surface area contributed by atoms with Crippen LogP contribution in [-0.2, 0) is 9.59 Å². The molecule has 29 heavy (non-hydrogen) atoms. The lowest BCUT2D eigenvalue weighted by Gasteiger charge is -2.21. The topological polar surface area (TPSA) is 104 Å². The summed E-state index contributed by atoms with van der Waals surface area (Å²) >= 11 is 0. The Balaban J connectivity index is 2.00. The normalized spacial score (nSPS) is 10.2. The Morgan fingerprint density at radius 2 is 1.14 bits per heavy atom. The first-order valence-corrected chi connectivity index (χ1v) is 9.49. The van der Waals surface area contributed by atoms with Gasteiger partial charge in [-0.25, -0.2) is 0 Å². The average Bonchev–Trinajstić information content (AvgIpc) is 2.74. The fourth-order valence-corrected chi connectivity index (χ4v) is 2.71. The van der Waals surface area contributed by atoms with Crippen molar-refractivity contribution in [2.24, 2.45) is 0 Å². The number of nitrogens with one attached hydrogen (secondary N) is 1. The summed E-state index contributed by atoms with van der Waals surface area (Å²) in [6.45, 7) is 0. The van der Waals surface area contributed by atoms with Gasteiger partial charge < -0.3 is 5.11 Å². The molecule has 0 spiro atoms. The molecule has 2 aromatic rings. The van der Waals surface area contributed by atoms with Crippen LogP contribution in [0.5, 0.6) is 0 Å². The van der Waals surface area contributed by atoms with Crippen LogP contribution >= 0.6 is 0 Å². The molecule has 2 rings (SSSR count). The van der Waals surface area contributed by atoms with Crippen molar-refractivity contribution >= 4 is 23.7 Å². The monoisotopic (exact) mass is 396 g/mol. The Kier molecular flexibility index (Phi) is 8.56. The predicted molar refractivity (Wildman–Crippen MR) is 107 cm³/mol. The Morgan fingerprint density at radius 1 is 0.690 bits per heavy atom. The molecule has 152 valence electrons. The lowest BCUT2D eigenvalue weighted by Crippen LogP contribution is -2.49. The number of carboxylic acid groups (broad SMARTS) is 1. The first-order chi connectivity index (χ1) is 14.0. The van der Waals surface area contributed by atoms with E-state index in [1.165, 1.54) is 0 Å². The number of hydrazine groups is 1. The minimum Gasteiger partial charge on any atom is -0.481 e. The van der Waals surface area contributed by atoms with Gasteiger partial charge in [0.2, 0.25) is 5.91 Å². The molecule has 0 atom stereocenters. The van der Waals surface area contributed by atoms with E-state index >= 15 is 0 Å². The molecule has 2 aromatic carbocycles. The van der Waals surface area contributed by atoms with Gasteiger partial charge in [-0.2, -0.15) is 5.01 Å². The average molecular weight is 396 g/mol. The van der Waals surface area contributed by atoms with Gasteiger partial charge in [-0.15, -0.1) is 0 Å². The third-order valence-electron chi connectivity index (χ3n) is 4.23. The van der Waals surface area contributed by atoms with Crippen LogP contribution in [-0.4, -0.2) is 33.8 Å². The smallest absolute Gasteiger partial charge is 0.303 e. The minimum atomic E-state index is -0.836. The number of unbranched alkanes of at least 4 members (excludes halogenated alkanes) is 3. The number of aliphatic carboxylic acids is 1. The van der Waals surface area contributed by atoms with Crippen molar-refractivity contribution in [1.82, 2.24) is 10.4 Å². The first kappa shape index (κ1) is 21.8. The van der Waals surface area contributed by atoms with Gasteiger partial charge in [0.1, 0.15) is 0 Å². The molecule has 0 saturated heterocycles. The molecule has 0 heterocycles. The number of rotatable bonds is 9. The Hall–Kier alpha value is -3.48. The van der Waals surface area contributed by atoms with Crippen LogP contribution in [0.1, 0.15) is 59.2 Å². The fourth-order valence-electron chi connectivity index (χ4n) is 2.71. The molecule has 0 fully saturated rings. The minimum absolute atomic E-state index is 0.108. The number of hydrogen-bond donors (Lipinski definition) is 2. The van der Waals surface area contributed by atoms with Gasteiger partial charge in [-0.05, 0) is 37.1 Å². The second-order valence-electron chi connectivity index (χ2n) is 6.52. The van der Waals surface area contributed by atoms with Crippen molar-refractivity contribution in [3.8, 4) is 0 Å². The molecule has 2 N–H and O–H groups in total. The molecular formula is C22H24N2O5. The Bertz CT molecular complexity index is 785. The molecule has 0 unspecified atom stereocenters. The van der Waals surface area contributed by atoms with E-state index in [0.29, 0.717) is 25.7 Å². The number of carbonyl (C=O) groups excluding carboxylic acids is 3. The summed E-state index contributed by atoms with van der Waals surface area (Å²) in [4.78, 5) is 48.4. The molecule has 0 aromatic heterocycles. The molecule has 0 aliphatic carbocycles. The first-order valence-electron chi connectivity index (χ1n) is 9.49. The van der Waals surface area contributed by atoms with E-state index in [2.05, 4.69) is 5.43 Å².